The summed E-state index contributed by atoms with van der Waals surface area (Å²) in [6.45, 7) is 0.0420. The van der Waals surface area contributed by atoms with Gasteiger partial charge in [0.2, 0.25) is 5.28 Å². The first kappa shape index (κ1) is 13.9. The van der Waals surface area contributed by atoms with E-state index in [-0.39, 0.29) is 24.2 Å². The SMILES string of the molecule is COC(=O)CCn1nc([N+](=O)[O-])nc1-n1cnc(Cl)n1. The molecule has 0 saturated carbocycles. The van der Waals surface area contributed by atoms with Gasteiger partial charge in [-0.1, -0.05) is 0 Å². The van der Waals surface area contributed by atoms with Gasteiger partial charge in [-0.3, -0.25) is 4.79 Å². The number of carbonyl (C=O) groups excluding carboxylic acids is 1. The average Bonchev–Trinajstić information content (AvgIpc) is 3.01. The number of aromatic nitrogens is 6. The molecule has 0 N–H and O–H groups in total. The molecule has 0 aliphatic rings. The van der Waals surface area contributed by atoms with Crippen LogP contribution in [0.5, 0.6) is 0 Å². The molecule has 0 radical (unpaired) electrons. The highest BCUT2D eigenvalue weighted by Gasteiger charge is 2.24. The zero-order valence-electron chi connectivity index (χ0n) is 10.1. The van der Waals surface area contributed by atoms with Crippen molar-refractivity contribution in [1.82, 2.24) is 29.5 Å². The molecule has 2 aromatic heterocycles. The van der Waals surface area contributed by atoms with Crippen molar-refractivity contribution in [2.45, 2.75) is 13.0 Å². The van der Waals surface area contributed by atoms with E-state index in [1.54, 1.807) is 0 Å². The molecule has 0 fully saturated rings. The summed E-state index contributed by atoms with van der Waals surface area (Å²) in [5, 5.41) is 18.1. The average molecular weight is 302 g/mol. The van der Waals surface area contributed by atoms with Crippen molar-refractivity contribution in [2.75, 3.05) is 7.11 Å². The standard InChI is InChI=1S/C8H8ClN7O4/c1-20-5(17)2-3-14-8(11-7(13-14)16(18)19)15-4-10-6(9)12-15/h4H,2-3H2,1H3. The number of hydrogen-bond donors (Lipinski definition) is 0. The van der Waals surface area contributed by atoms with Crippen molar-refractivity contribution in [2.24, 2.45) is 0 Å². The first-order chi connectivity index (χ1) is 9.51. The van der Waals surface area contributed by atoms with Gasteiger partial charge in [0, 0.05) is 5.10 Å². The fraction of sp³-hybridized carbons (Fsp3) is 0.375. The summed E-state index contributed by atoms with van der Waals surface area (Å²) in [7, 11) is 1.24. The third-order valence-corrected chi connectivity index (χ3v) is 2.40. The highest BCUT2D eigenvalue weighted by Crippen LogP contribution is 2.12. The molecule has 0 spiro atoms. The van der Waals surface area contributed by atoms with Crippen LogP contribution in [0, 0.1) is 10.1 Å². The van der Waals surface area contributed by atoms with Crippen LogP contribution >= 0.6 is 11.6 Å². The van der Waals surface area contributed by atoms with Crippen LogP contribution < -0.4 is 0 Å². The molecule has 0 amide bonds. The first-order valence-corrected chi connectivity index (χ1v) is 5.62. The largest absolute Gasteiger partial charge is 0.493 e. The highest BCUT2D eigenvalue weighted by atomic mass is 35.5. The van der Waals surface area contributed by atoms with E-state index in [0.717, 1.165) is 9.36 Å². The number of halogens is 1. The van der Waals surface area contributed by atoms with Gasteiger partial charge < -0.3 is 14.9 Å². The molecule has 0 saturated heterocycles. The van der Waals surface area contributed by atoms with Crippen LogP contribution in [-0.4, -0.2) is 47.5 Å². The van der Waals surface area contributed by atoms with Crippen molar-refractivity contribution < 1.29 is 14.5 Å². The Kier molecular flexibility index (Phi) is 3.89. The zero-order valence-corrected chi connectivity index (χ0v) is 10.9. The zero-order chi connectivity index (χ0) is 14.7. The number of ether oxygens (including phenoxy) is 1. The smallest absolute Gasteiger partial charge is 0.469 e. The molecule has 0 unspecified atom stereocenters. The number of nitro groups is 1. The Hall–Kier alpha value is -2.56. The van der Waals surface area contributed by atoms with Gasteiger partial charge in [0.25, 0.3) is 0 Å². The summed E-state index contributed by atoms with van der Waals surface area (Å²) in [6, 6.07) is 0. The van der Waals surface area contributed by atoms with Crippen LogP contribution in [-0.2, 0) is 16.1 Å². The molecule has 12 heteroatoms. The summed E-state index contributed by atoms with van der Waals surface area (Å²) in [6.07, 6.45) is 1.21. The minimum atomic E-state index is -0.753. The summed E-state index contributed by atoms with van der Waals surface area (Å²) in [5.41, 5.74) is 0. The van der Waals surface area contributed by atoms with Gasteiger partial charge in [0.05, 0.1) is 20.1 Å². The van der Waals surface area contributed by atoms with E-state index in [0.29, 0.717) is 0 Å². The quantitative estimate of drug-likeness (QED) is 0.428. The maximum atomic E-state index is 11.1. The molecular formula is C8H8ClN7O4. The molecule has 2 aromatic rings. The molecule has 0 aliphatic carbocycles. The normalized spacial score (nSPS) is 10.5. The van der Waals surface area contributed by atoms with E-state index in [9.17, 15) is 14.9 Å². The van der Waals surface area contributed by atoms with E-state index < -0.39 is 16.8 Å². The molecular weight excluding hydrogens is 294 g/mol. The lowest BCUT2D eigenvalue weighted by Crippen LogP contribution is -2.12. The van der Waals surface area contributed by atoms with Gasteiger partial charge in [-0.2, -0.15) is 4.68 Å². The molecule has 0 aliphatic heterocycles. The molecule has 0 atom stereocenters. The van der Waals surface area contributed by atoms with Gasteiger partial charge in [0.15, 0.2) is 0 Å². The van der Waals surface area contributed by atoms with Crippen LogP contribution in [0.15, 0.2) is 6.33 Å². The maximum absolute atomic E-state index is 11.1. The maximum Gasteiger partial charge on any atom is 0.493 e. The van der Waals surface area contributed by atoms with Gasteiger partial charge in [-0.25, -0.2) is 4.98 Å². The summed E-state index contributed by atoms with van der Waals surface area (Å²) in [5.74, 6) is -1.07. The molecule has 20 heavy (non-hydrogen) atoms. The summed E-state index contributed by atoms with van der Waals surface area (Å²) >= 11 is 5.57. The highest BCUT2D eigenvalue weighted by molar-refractivity contribution is 6.28. The Bertz CT molecular complexity index is 651. The number of esters is 1. The number of hydrogen-bond acceptors (Lipinski definition) is 8. The van der Waals surface area contributed by atoms with E-state index in [1.165, 1.54) is 13.4 Å². The van der Waals surface area contributed by atoms with Gasteiger partial charge >= 0.3 is 17.9 Å². The van der Waals surface area contributed by atoms with Crippen LogP contribution in [0.4, 0.5) is 5.95 Å². The molecule has 11 nitrogen and oxygen atoms in total. The van der Waals surface area contributed by atoms with Crippen LogP contribution in [0.3, 0.4) is 0 Å². The van der Waals surface area contributed by atoms with Crippen molar-refractivity contribution in [3.05, 3.63) is 21.7 Å². The van der Waals surface area contributed by atoms with E-state index in [1.807, 2.05) is 0 Å². The molecule has 2 heterocycles. The molecule has 106 valence electrons. The van der Waals surface area contributed by atoms with Crippen LogP contribution in [0.25, 0.3) is 5.95 Å². The predicted molar refractivity (Wildman–Crippen MR) is 63.2 cm³/mol. The number of carbonyl (C=O) groups is 1. The second kappa shape index (κ2) is 5.61. The Morgan fingerprint density at radius 2 is 2.30 bits per heavy atom. The van der Waals surface area contributed by atoms with E-state index in [4.69, 9.17) is 11.6 Å². The van der Waals surface area contributed by atoms with E-state index in [2.05, 4.69) is 24.9 Å². The fourth-order valence-corrected chi connectivity index (χ4v) is 1.48. The lowest BCUT2D eigenvalue weighted by molar-refractivity contribution is -0.394. The Morgan fingerprint density at radius 3 is 2.85 bits per heavy atom. The first-order valence-electron chi connectivity index (χ1n) is 5.25. The van der Waals surface area contributed by atoms with Gasteiger partial charge in [-0.05, 0) is 21.5 Å². The number of nitrogens with zero attached hydrogens (tertiary/aromatic N) is 7. The summed E-state index contributed by atoms with van der Waals surface area (Å²) < 4.78 is 6.76. The third-order valence-electron chi connectivity index (χ3n) is 2.23. The van der Waals surface area contributed by atoms with Crippen molar-refractivity contribution >= 4 is 23.5 Å². The van der Waals surface area contributed by atoms with Gasteiger partial charge in [-0.15, -0.1) is 9.78 Å². The number of methoxy groups -OCH3 is 1. The Morgan fingerprint density at radius 1 is 1.55 bits per heavy atom. The summed E-state index contributed by atoms with van der Waals surface area (Å²) in [4.78, 5) is 28.4. The Labute approximate surface area is 116 Å². The minimum absolute atomic E-state index is 0.0214. The topological polar surface area (TPSA) is 131 Å². The van der Waals surface area contributed by atoms with Crippen molar-refractivity contribution in [3.8, 4) is 5.95 Å². The van der Waals surface area contributed by atoms with E-state index >= 15 is 0 Å². The number of aryl methyl sites for hydroxylation is 1. The second-order valence-corrected chi connectivity index (χ2v) is 3.81. The second-order valence-electron chi connectivity index (χ2n) is 3.48. The monoisotopic (exact) mass is 301 g/mol. The fourth-order valence-electron chi connectivity index (χ4n) is 1.36. The molecule has 2 rings (SSSR count). The van der Waals surface area contributed by atoms with Gasteiger partial charge in [0.1, 0.15) is 6.33 Å². The number of rotatable bonds is 5. The van der Waals surface area contributed by atoms with Crippen molar-refractivity contribution in [3.63, 3.8) is 0 Å². The molecule has 0 aromatic carbocycles. The lowest BCUT2D eigenvalue weighted by atomic mass is 10.4. The minimum Gasteiger partial charge on any atom is -0.469 e. The van der Waals surface area contributed by atoms with Crippen LogP contribution in [0.2, 0.25) is 5.28 Å². The van der Waals surface area contributed by atoms with Crippen LogP contribution in [0.1, 0.15) is 6.42 Å². The van der Waals surface area contributed by atoms with Crippen molar-refractivity contribution in [1.29, 1.82) is 0 Å². The predicted octanol–water partition coefficient (Wildman–Crippen LogP) is -0.0165. The lowest BCUT2D eigenvalue weighted by Gasteiger charge is -1.99. The molecule has 0 bridgehead atoms. The third kappa shape index (κ3) is 2.88. The Balaban J connectivity index is 2.33.